The predicted molar refractivity (Wildman–Crippen MR) is 102 cm³/mol. The van der Waals surface area contributed by atoms with Crippen LogP contribution >= 0.6 is 23.1 Å². The maximum Gasteiger partial charge on any atom is 0.317 e. The molecule has 3 heterocycles. The van der Waals surface area contributed by atoms with E-state index < -0.39 is 0 Å². The molecule has 4 aliphatic rings. The molecule has 2 aromatic rings. The maximum absolute atomic E-state index is 12.4. The number of carbonyl (C=O) groups excluding carboxylic acids is 2. The van der Waals surface area contributed by atoms with E-state index in [0.717, 1.165) is 21.9 Å². The van der Waals surface area contributed by atoms with Crippen LogP contribution in [0.3, 0.4) is 0 Å². The molecule has 1 saturated heterocycles. The number of ether oxygens (including phenoxy) is 1. The van der Waals surface area contributed by atoms with Gasteiger partial charge in [-0.05, 0) is 48.8 Å². The van der Waals surface area contributed by atoms with Crippen molar-refractivity contribution >= 4 is 35.0 Å². The zero-order valence-corrected chi connectivity index (χ0v) is 16.5. The molecule has 1 aromatic heterocycles. The number of hydrogen-bond acceptors (Lipinski definition) is 7. The number of rotatable bonds is 1. The highest BCUT2D eigenvalue weighted by Gasteiger charge is 2.73. The van der Waals surface area contributed by atoms with E-state index in [9.17, 15) is 19.5 Å². The SMILES string of the molecule is C[C@@]12Sc3[nH]c(=O)sc3[C@@H](c3ccc(O)cc3)[C@H]1[C@@H]1C[C@@H]2[C@H]2C(=O)OC(=O)[C@H]12. The van der Waals surface area contributed by atoms with Crippen molar-refractivity contribution in [2.45, 2.75) is 29.0 Å². The number of fused-ring (bicyclic) bond motifs is 9. The van der Waals surface area contributed by atoms with Crippen molar-refractivity contribution in [2.75, 3.05) is 0 Å². The summed E-state index contributed by atoms with van der Waals surface area (Å²) in [5.41, 5.74) is 1.02. The molecule has 7 atom stereocenters. The smallest absolute Gasteiger partial charge is 0.317 e. The molecular weight excluding hydrogens is 398 g/mol. The molecule has 0 unspecified atom stereocenters. The Kier molecular flexibility index (Phi) is 3.19. The highest BCUT2D eigenvalue weighted by molar-refractivity contribution is 8.00. The lowest BCUT2D eigenvalue weighted by Gasteiger charge is -2.49. The summed E-state index contributed by atoms with van der Waals surface area (Å²) in [6.07, 6.45) is 0.831. The highest BCUT2D eigenvalue weighted by Crippen LogP contribution is 2.73. The average Bonchev–Trinajstić information content (AvgIpc) is 3.34. The van der Waals surface area contributed by atoms with Crippen LogP contribution in [0, 0.1) is 29.6 Å². The first kappa shape index (κ1) is 16.9. The van der Waals surface area contributed by atoms with Gasteiger partial charge in [0.05, 0.1) is 16.9 Å². The number of cyclic esters (lactones) is 2. The fourth-order valence-corrected chi connectivity index (χ4v) is 9.23. The molecule has 28 heavy (non-hydrogen) atoms. The van der Waals surface area contributed by atoms with Gasteiger partial charge in [-0.2, -0.15) is 0 Å². The molecule has 6 rings (SSSR count). The third-order valence-electron chi connectivity index (χ3n) is 7.27. The van der Waals surface area contributed by atoms with Gasteiger partial charge in [0.25, 0.3) is 0 Å². The van der Waals surface area contributed by atoms with E-state index in [1.54, 1.807) is 23.9 Å². The van der Waals surface area contributed by atoms with Gasteiger partial charge in [0.2, 0.25) is 0 Å². The summed E-state index contributed by atoms with van der Waals surface area (Å²) < 4.78 is 4.75. The Morgan fingerprint density at radius 1 is 1.14 bits per heavy atom. The Bertz CT molecular complexity index is 1090. The Morgan fingerprint density at radius 3 is 2.61 bits per heavy atom. The minimum atomic E-state index is -0.382. The fourth-order valence-electron chi connectivity index (χ4n) is 6.36. The summed E-state index contributed by atoms with van der Waals surface area (Å²) in [5, 5.41) is 10.6. The summed E-state index contributed by atoms with van der Waals surface area (Å²) >= 11 is 2.88. The molecule has 0 amide bonds. The van der Waals surface area contributed by atoms with Crippen molar-refractivity contribution in [1.82, 2.24) is 4.98 Å². The second kappa shape index (κ2) is 5.30. The van der Waals surface area contributed by atoms with E-state index in [-0.39, 0.29) is 62.8 Å². The standard InChI is InChI=1S/C20H17NO5S2/c1-20-10-6-9(12-13(10)18(24)26-17(12)23)14(20)11(7-2-4-8(22)5-3-7)15-16(28-20)21-19(25)27-15/h2-5,9-14,22H,6H2,1H3,(H,21,25)/t9-,10-,11+,12-,13-,14-,20+/m1/s1. The number of phenols is 1. The van der Waals surface area contributed by atoms with Gasteiger partial charge >= 0.3 is 16.8 Å². The van der Waals surface area contributed by atoms with Gasteiger partial charge in [0.1, 0.15) is 5.75 Å². The van der Waals surface area contributed by atoms with Gasteiger partial charge < -0.3 is 14.8 Å². The number of benzene rings is 1. The fraction of sp³-hybridized carbons (Fsp3) is 0.450. The summed E-state index contributed by atoms with van der Waals surface area (Å²) in [6, 6.07) is 7.11. The number of carbonyl (C=O) groups is 2. The minimum absolute atomic E-state index is 0.0487. The highest BCUT2D eigenvalue weighted by atomic mass is 32.2. The number of phenolic OH excluding ortho intramolecular Hbond substituents is 1. The van der Waals surface area contributed by atoms with E-state index in [1.165, 1.54) is 11.3 Å². The first-order valence-electron chi connectivity index (χ1n) is 9.35. The number of thiazole rings is 1. The van der Waals surface area contributed by atoms with Crippen molar-refractivity contribution in [2.24, 2.45) is 29.6 Å². The molecule has 2 N–H and O–H groups in total. The van der Waals surface area contributed by atoms with Gasteiger partial charge in [-0.25, -0.2) is 0 Å². The van der Waals surface area contributed by atoms with Crippen LogP contribution in [0.15, 0.2) is 34.1 Å². The quantitative estimate of drug-likeness (QED) is 0.549. The maximum atomic E-state index is 12.4. The van der Waals surface area contributed by atoms with Crippen molar-refractivity contribution in [3.05, 3.63) is 44.4 Å². The lowest BCUT2D eigenvalue weighted by Crippen LogP contribution is -2.50. The van der Waals surface area contributed by atoms with Gasteiger partial charge in [-0.15, -0.1) is 11.8 Å². The van der Waals surface area contributed by atoms with Crippen LogP contribution in [-0.4, -0.2) is 26.8 Å². The summed E-state index contributed by atoms with van der Waals surface area (Å²) in [6.45, 7) is 2.17. The van der Waals surface area contributed by atoms with Crippen LogP contribution in [0.25, 0.3) is 0 Å². The zero-order valence-electron chi connectivity index (χ0n) is 14.9. The molecule has 1 aromatic carbocycles. The molecular formula is C20H17NO5S2. The topological polar surface area (TPSA) is 96.5 Å². The number of aromatic amines is 1. The number of aromatic nitrogens is 1. The lowest BCUT2D eigenvalue weighted by atomic mass is 9.63. The average molecular weight is 415 g/mol. The third kappa shape index (κ3) is 1.92. The monoisotopic (exact) mass is 415 g/mol. The molecule has 8 heteroatoms. The largest absolute Gasteiger partial charge is 0.508 e. The summed E-state index contributed by atoms with van der Waals surface area (Å²) in [4.78, 5) is 40.9. The van der Waals surface area contributed by atoms with Gasteiger partial charge in [-0.3, -0.25) is 14.4 Å². The normalized spacial score (nSPS) is 40.2. The Balaban J connectivity index is 1.56. The van der Waals surface area contributed by atoms with Crippen LogP contribution in [0.1, 0.15) is 29.7 Å². The molecule has 2 aliphatic carbocycles. The number of nitrogens with one attached hydrogen (secondary N) is 1. The molecule has 2 aliphatic heterocycles. The Labute approximate surface area is 168 Å². The first-order chi connectivity index (χ1) is 13.4. The van der Waals surface area contributed by atoms with Crippen LogP contribution in [0.5, 0.6) is 5.75 Å². The molecule has 2 bridgehead atoms. The number of H-pyrrole nitrogens is 1. The van der Waals surface area contributed by atoms with Gasteiger partial charge in [-0.1, -0.05) is 23.5 Å². The summed E-state index contributed by atoms with van der Waals surface area (Å²) in [5.74, 6) is -1.14. The third-order valence-corrected chi connectivity index (χ3v) is 9.91. The number of thioether (sulfide) groups is 1. The number of aromatic hydroxyl groups is 1. The van der Waals surface area contributed by atoms with Crippen molar-refractivity contribution in [1.29, 1.82) is 0 Å². The van der Waals surface area contributed by atoms with Crippen LogP contribution in [0.4, 0.5) is 0 Å². The van der Waals surface area contributed by atoms with E-state index in [4.69, 9.17) is 4.74 Å². The first-order valence-corrected chi connectivity index (χ1v) is 11.0. The number of hydrogen-bond donors (Lipinski definition) is 2. The van der Waals surface area contributed by atoms with E-state index in [2.05, 4.69) is 11.9 Å². The van der Waals surface area contributed by atoms with Crippen molar-refractivity contribution < 1.29 is 19.4 Å². The van der Waals surface area contributed by atoms with Crippen molar-refractivity contribution in [3.8, 4) is 5.75 Å². The lowest BCUT2D eigenvalue weighted by molar-refractivity contribution is -0.154. The molecule has 6 nitrogen and oxygen atoms in total. The molecule has 2 saturated carbocycles. The number of esters is 2. The predicted octanol–water partition coefficient (Wildman–Crippen LogP) is 2.72. The molecule has 144 valence electrons. The van der Waals surface area contributed by atoms with Crippen LogP contribution in [-0.2, 0) is 14.3 Å². The zero-order chi connectivity index (χ0) is 19.4. The van der Waals surface area contributed by atoms with E-state index in [0.29, 0.717) is 0 Å². The van der Waals surface area contributed by atoms with Crippen LogP contribution in [0.2, 0.25) is 0 Å². The molecule has 0 spiro atoms. The Hall–Kier alpha value is -2.06. The molecule has 0 radical (unpaired) electrons. The van der Waals surface area contributed by atoms with Crippen LogP contribution < -0.4 is 4.87 Å². The second-order valence-electron chi connectivity index (χ2n) is 8.39. The summed E-state index contributed by atoms with van der Waals surface area (Å²) in [7, 11) is 0. The van der Waals surface area contributed by atoms with Gasteiger partial charge in [0.15, 0.2) is 0 Å². The van der Waals surface area contributed by atoms with Gasteiger partial charge in [0, 0.05) is 15.5 Å². The van der Waals surface area contributed by atoms with E-state index in [1.807, 2.05) is 12.1 Å². The van der Waals surface area contributed by atoms with E-state index >= 15 is 0 Å². The minimum Gasteiger partial charge on any atom is -0.508 e. The Morgan fingerprint density at radius 2 is 1.86 bits per heavy atom. The second-order valence-corrected chi connectivity index (χ2v) is 10.9. The van der Waals surface area contributed by atoms with Crippen molar-refractivity contribution in [3.63, 3.8) is 0 Å². The molecule has 3 fully saturated rings.